The molecule has 4 heteroatoms. The van der Waals surface area contributed by atoms with Gasteiger partial charge in [-0.2, -0.15) is 0 Å². The topological polar surface area (TPSA) is 37.3 Å². The van der Waals surface area contributed by atoms with E-state index in [0.29, 0.717) is 18.6 Å². The number of nitrogens with zero attached hydrogens (tertiary/aromatic N) is 2. The molecule has 0 bridgehead atoms. The summed E-state index contributed by atoms with van der Waals surface area (Å²) in [5.74, 6) is 0.211. The van der Waals surface area contributed by atoms with Crippen LogP contribution in [-0.4, -0.2) is 34.5 Å². The van der Waals surface area contributed by atoms with E-state index in [-0.39, 0.29) is 5.91 Å². The number of hydrogen-bond acceptors (Lipinski definition) is 2. The Labute approximate surface area is 127 Å². The van der Waals surface area contributed by atoms with Crippen LogP contribution in [0.4, 0.5) is 0 Å². The number of likely N-dealkylation sites (tertiary alicyclic amines) is 1. The zero-order valence-electron chi connectivity index (χ0n) is 13.1. The van der Waals surface area contributed by atoms with Gasteiger partial charge in [-0.05, 0) is 44.4 Å². The number of carbonyl (C=O) groups is 1. The molecular weight excluding hydrogens is 262 g/mol. The molecule has 4 nitrogen and oxygen atoms in total. The van der Waals surface area contributed by atoms with Crippen LogP contribution in [0.25, 0.3) is 0 Å². The van der Waals surface area contributed by atoms with Gasteiger partial charge >= 0.3 is 0 Å². The van der Waals surface area contributed by atoms with Gasteiger partial charge in [-0.3, -0.25) is 9.69 Å². The van der Waals surface area contributed by atoms with E-state index < -0.39 is 0 Å². The van der Waals surface area contributed by atoms with Gasteiger partial charge in [0.05, 0.1) is 12.6 Å². The second kappa shape index (κ2) is 6.65. The fraction of sp³-hybridized carbons (Fsp3) is 0.706. The van der Waals surface area contributed by atoms with Gasteiger partial charge in [0.1, 0.15) is 0 Å². The van der Waals surface area contributed by atoms with E-state index in [4.69, 9.17) is 0 Å². The molecule has 2 heterocycles. The molecular formula is C17H27N3O. The van der Waals surface area contributed by atoms with Gasteiger partial charge in [0.15, 0.2) is 0 Å². The Morgan fingerprint density at radius 2 is 2.05 bits per heavy atom. The molecule has 2 aliphatic rings. The number of carbonyl (C=O) groups excluding carboxylic acids is 1. The highest BCUT2D eigenvalue weighted by Gasteiger charge is 2.29. The van der Waals surface area contributed by atoms with E-state index in [0.717, 1.165) is 25.8 Å². The third-order valence-corrected chi connectivity index (χ3v) is 5.01. The van der Waals surface area contributed by atoms with E-state index in [9.17, 15) is 4.79 Å². The van der Waals surface area contributed by atoms with Gasteiger partial charge in [-0.25, -0.2) is 0 Å². The van der Waals surface area contributed by atoms with Gasteiger partial charge < -0.3 is 9.88 Å². The summed E-state index contributed by atoms with van der Waals surface area (Å²) in [5, 5.41) is 3.24. The summed E-state index contributed by atoms with van der Waals surface area (Å²) in [6, 6.07) is 5.10. The normalized spacial score (nSPS) is 24.3. The SMILES string of the molecule is Cn1cccc1[C@H]1CCCN1CC(=O)NC1CCCCC1. The summed E-state index contributed by atoms with van der Waals surface area (Å²) in [7, 11) is 2.09. The second-order valence-corrected chi connectivity index (χ2v) is 6.57. The number of aromatic nitrogens is 1. The maximum atomic E-state index is 12.3. The first-order chi connectivity index (χ1) is 10.2. The molecule has 0 radical (unpaired) electrons. The summed E-state index contributed by atoms with van der Waals surface area (Å²) in [6.07, 6.45) is 10.6. The van der Waals surface area contributed by atoms with Crippen molar-refractivity contribution in [1.29, 1.82) is 0 Å². The molecule has 1 atom stereocenters. The first-order valence-corrected chi connectivity index (χ1v) is 8.38. The van der Waals surface area contributed by atoms with Crippen LogP contribution in [0, 0.1) is 0 Å². The van der Waals surface area contributed by atoms with Crippen LogP contribution < -0.4 is 5.32 Å². The molecule has 1 saturated heterocycles. The van der Waals surface area contributed by atoms with Gasteiger partial charge in [-0.15, -0.1) is 0 Å². The van der Waals surface area contributed by atoms with Crippen molar-refractivity contribution in [2.24, 2.45) is 7.05 Å². The minimum atomic E-state index is 0.211. The lowest BCUT2D eigenvalue weighted by molar-refractivity contribution is -0.123. The maximum Gasteiger partial charge on any atom is 0.234 e. The van der Waals surface area contributed by atoms with Crippen LogP contribution in [0.2, 0.25) is 0 Å². The monoisotopic (exact) mass is 289 g/mol. The first-order valence-electron chi connectivity index (χ1n) is 8.38. The van der Waals surface area contributed by atoms with E-state index in [1.165, 1.54) is 31.4 Å². The Morgan fingerprint density at radius 3 is 2.76 bits per heavy atom. The van der Waals surface area contributed by atoms with Crippen molar-refractivity contribution in [2.75, 3.05) is 13.1 Å². The third-order valence-electron chi connectivity index (χ3n) is 5.01. The van der Waals surface area contributed by atoms with Crippen molar-refractivity contribution < 1.29 is 4.79 Å². The minimum absolute atomic E-state index is 0.211. The van der Waals surface area contributed by atoms with Crippen molar-refractivity contribution in [3.05, 3.63) is 24.0 Å². The lowest BCUT2D eigenvalue weighted by Gasteiger charge is -2.27. The fourth-order valence-electron chi connectivity index (χ4n) is 3.88. The summed E-state index contributed by atoms with van der Waals surface area (Å²) in [4.78, 5) is 14.6. The maximum absolute atomic E-state index is 12.3. The molecule has 1 aromatic heterocycles. The largest absolute Gasteiger partial charge is 0.353 e. The molecule has 1 amide bonds. The Kier molecular flexibility index (Phi) is 4.63. The lowest BCUT2D eigenvalue weighted by atomic mass is 9.95. The minimum Gasteiger partial charge on any atom is -0.353 e. The molecule has 1 aliphatic carbocycles. The van der Waals surface area contributed by atoms with E-state index in [2.05, 4.69) is 40.2 Å². The van der Waals surface area contributed by atoms with Gasteiger partial charge in [0, 0.05) is 25.0 Å². The number of aryl methyl sites for hydroxylation is 1. The lowest BCUT2D eigenvalue weighted by Crippen LogP contribution is -2.42. The van der Waals surface area contributed by atoms with Crippen molar-refractivity contribution in [3.8, 4) is 0 Å². The van der Waals surface area contributed by atoms with Crippen LogP contribution in [0.5, 0.6) is 0 Å². The molecule has 3 rings (SSSR count). The van der Waals surface area contributed by atoms with Gasteiger partial charge in [0.25, 0.3) is 0 Å². The van der Waals surface area contributed by atoms with E-state index in [1.54, 1.807) is 0 Å². The number of nitrogens with one attached hydrogen (secondary N) is 1. The van der Waals surface area contributed by atoms with Crippen molar-refractivity contribution >= 4 is 5.91 Å². The highest BCUT2D eigenvalue weighted by atomic mass is 16.2. The van der Waals surface area contributed by atoms with Gasteiger partial charge in [0.2, 0.25) is 5.91 Å². The molecule has 21 heavy (non-hydrogen) atoms. The Balaban J connectivity index is 1.56. The zero-order valence-corrected chi connectivity index (χ0v) is 13.1. The molecule has 0 spiro atoms. The summed E-state index contributed by atoms with van der Waals surface area (Å²) < 4.78 is 2.18. The van der Waals surface area contributed by atoms with E-state index >= 15 is 0 Å². The molecule has 0 aromatic carbocycles. The van der Waals surface area contributed by atoms with Crippen LogP contribution in [0.1, 0.15) is 56.7 Å². The molecule has 1 aromatic rings. The van der Waals surface area contributed by atoms with Crippen LogP contribution >= 0.6 is 0 Å². The predicted octanol–water partition coefficient (Wildman–Crippen LogP) is 2.61. The quantitative estimate of drug-likeness (QED) is 0.925. The van der Waals surface area contributed by atoms with Crippen LogP contribution in [0.3, 0.4) is 0 Å². The molecule has 1 saturated carbocycles. The van der Waals surface area contributed by atoms with Gasteiger partial charge in [-0.1, -0.05) is 19.3 Å². The zero-order chi connectivity index (χ0) is 14.7. The first kappa shape index (κ1) is 14.6. The smallest absolute Gasteiger partial charge is 0.234 e. The average Bonchev–Trinajstić information content (AvgIpc) is 3.08. The highest BCUT2D eigenvalue weighted by Crippen LogP contribution is 2.31. The van der Waals surface area contributed by atoms with Crippen LogP contribution in [-0.2, 0) is 11.8 Å². The van der Waals surface area contributed by atoms with Crippen molar-refractivity contribution in [3.63, 3.8) is 0 Å². The third kappa shape index (κ3) is 3.49. The molecule has 2 fully saturated rings. The molecule has 1 N–H and O–H groups in total. The summed E-state index contributed by atoms with van der Waals surface area (Å²) in [6.45, 7) is 1.58. The summed E-state index contributed by atoms with van der Waals surface area (Å²) in [5.41, 5.74) is 1.33. The highest BCUT2D eigenvalue weighted by molar-refractivity contribution is 5.78. The predicted molar refractivity (Wildman–Crippen MR) is 84.0 cm³/mol. The molecule has 0 unspecified atom stereocenters. The average molecular weight is 289 g/mol. The Hall–Kier alpha value is -1.29. The van der Waals surface area contributed by atoms with E-state index in [1.807, 2.05) is 0 Å². The summed E-state index contributed by atoms with van der Waals surface area (Å²) >= 11 is 0. The standard InChI is InChI=1S/C17H27N3O/c1-19-11-5-9-15(19)16-10-6-12-20(16)13-17(21)18-14-7-3-2-4-8-14/h5,9,11,14,16H,2-4,6-8,10,12-13H2,1H3,(H,18,21)/t16-/m1/s1. The number of amides is 1. The van der Waals surface area contributed by atoms with Crippen molar-refractivity contribution in [1.82, 2.24) is 14.8 Å². The van der Waals surface area contributed by atoms with Crippen LogP contribution in [0.15, 0.2) is 18.3 Å². The second-order valence-electron chi connectivity index (χ2n) is 6.57. The Morgan fingerprint density at radius 1 is 1.24 bits per heavy atom. The molecule has 1 aliphatic heterocycles. The molecule has 116 valence electrons. The fourth-order valence-corrected chi connectivity index (χ4v) is 3.88. The number of hydrogen-bond donors (Lipinski definition) is 1. The van der Waals surface area contributed by atoms with Crippen molar-refractivity contribution in [2.45, 2.75) is 57.0 Å². The number of rotatable bonds is 4. The Bertz CT molecular complexity index is 476.